The molecule has 0 saturated carbocycles. The Balaban J connectivity index is 2.07. The van der Waals surface area contributed by atoms with Crippen LogP contribution in [-0.4, -0.2) is 22.0 Å². The Labute approximate surface area is 117 Å². The molecule has 20 heavy (non-hydrogen) atoms. The molecule has 5 nitrogen and oxygen atoms in total. The van der Waals surface area contributed by atoms with Crippen molar-refractivity contribution in [3.8, 4) is 11.3 Å². The summed E-state index contributed by atoms with van der Waals surface area (Å²) in [5.41, 5.74) is 1.33. The van der Waals surface area contributed by atoms with Gasteiger partial charge in [-0.3, -0.25) is 10.1 Å². The van der Waals surface area contributed by atoms with E-state index >= 15 is 0 Å². The van der Waals surface area contributed by atoms with Gasteiger partial charge in [-0.15, -0.1) is 11.3 Å². The highest BCUT2D eigenvalue weighted by molar-refractivity contribution is 7.14. The predicted molar refractivity (Wildman–Crippen MR) is 72.9 cm³/mol. The Hall–Kier alpha value is -2.54. The van der Waals surface area contributed by atoms with Crippen LogP contribution in [0.2, 0.25) is 0 Å². The summed E-state index contributed by atoms with van der Waals surface area (Å²) >= 11 is 1.19. The highest BCUT2D eigenvalue weighted by Crippen LogP contribution is 2.24. The molecular weight excluding hydrogens is 283 g/mol. The summed E-state index contributed by atoms with van der Waals surface area (Å²) in [5.74, 6) is -2.12. The predicted octanol–water partition coefficient (Wildman–Crippen LogP) is 2.53. The largest absolute Gasteiger partial charge is 0.478 e. The molecule has 0 fully saturated rings. The smallest absolute Gasteiger partial charge is 0.328 e. The first-order chi connectivity index (χ1) is 9.54. The molecule has 0 unspecified atom stereocenters. The number of carbonyl (C=O) groups excluding carboxylic acids is 1. The van der Waals surface area contributed by atoms with Crippen LogP contribution >= 0.6 is 11.3 Å². The average Bonchev–Trinajstić information content (AvgIpc) is 2.85. The molecule has 0 radical (unpaired) electrons. The number of thiazole rings is 1. The van der Waals surface area contributed by atoms with Crippen molar-refractivity contribution in [2.24, 2.45) is 0 Å². The number of anilines is 1. The number of hydrogen-bond donors (Lipinski definition) is 2. The number of nitrogens with one attached hydrogen (secondary N) is 1. The fourth-order valence-electron chi connectivity index (χ4n) is 1.38. The van der Waals surface area contributed by atoms with Crippen molar-refractivity contribution in [3.63, 3.8) is 0 Å². The second-order valence-corrected chi connectivity index (χ2v) is 4.56. The summed E-state index contributed by atoms with van der Waals surface area (Å²) in [5, 5.41) is 12.9. The van der Waals surface area contributed by atoms with E-state index in [0.717, 1.165) is 17.7 Å². The van der Waals surface area contributed by atoms with Crippen LogP contribution in [0.3, 0.4) is 0 Å². The molecule has 1 heterocycles. The number of aliphatic carboxylic acids is 1. The third-order valence-electron chi connectivity index (χ3n) is 2.25. The normalized spacial score (nSPS) is 10.7. The summed E-state index contributed by atoms with van der Waals surface area (Å²) in [7, 11) is 0. The van der Waals surface area contributed by atoms with E-state index in [1.807, 2.05) is 0 Å². The lowest BCUT2D eigenvalue weighted by molar-refractivity contribution is -0.131. The van der Waals surface area contributed by atoms with Gasteiger partial charge in [0.05, 0.1) is 5.69 Å². The van der Waals surface area contributed by atoms with Gasteiger partial charge in [-0.25, -0.2) is 14.2 Å². The lowest BCUT2D eigenvalue weighted by Crippen LogP contribution is -2.08. The Bertz CT molecular complexity index is 665. The summed E-state index contributed by atoms with van der Waals surface area (Å²) in [6.45, 7) is 0. The van der Waals surface area contributed by atoms with E-state index in [1.165, 1.54) is 23.5 Å². The fraction of sp³-hybridized carbons (Fsp3) is 0. The van der Waals surface area contributed by atoms with Crippen LogP contribution in [0.4, 0.5) is 9.52 Å². The minimum absolute atomic E-state index is 0.337. The fourth-order valence-corrected chi connectivity index (χ4v) is 2.10. The topological polar surface area (TPSA) is 79.3 Å². The number of amides is 1. The lowest BCUT2D eigenvalue weighted by Gasteiger charge is -1.97. The average molecular weight is 292 g/mol. The number of carboxylic acids is 1. The van der Waals surface area contributed by atoms with Gasteiger partial charge in [0.2, 0.25) is 5.91 Å². The first kappa shape index (κ1) is 13.9. The maximum atomic E-state index is 12.8. The van der Waals surface area contributed by atoms with E-state index in [-0.39, 0.29) is 5.82 Å². The molecule has 2 rings (SSSR count). The number of benzene rings is 1. The van der Waals surface area contributed by atoms with Crippen LogP contribution < -0.4 is 5.32 Å². The van der Waals surface area contributed by atoms with E-state index < -0.39 is 11.9 Å². The Morgan fingerprint density at radius 2 is 1.95 bits per heavy atom. The number of carbonyl (C=O) groups is 2. The molecule has 1 amide bonds. The van der Waals surface area contributed by atoms with E-state index in [4.69, 9.17) is 5.11 Å². The van der Waals surface area contributed by atoms with Crippen LogP contribution in [0.25, 0.3) is 11.3 Å². The highest BCUT2D eigenvalue weighted by atomic mass is 32.1. The van der Waals surface area contributed by atoms with Gasteiger partial charge in [0.25, 0.3) is 0 Å². The van der Waals surface area contributed by atoms with Gasteiger partial charge in [-0.05, 0) is 24.3 Å². The van der Waals surface area contributed by atoms with Crippen molar-refractivity contribution in [2.75, 3.05) is 5.32 Å². The molecule has 1 aromatic heterocycles. The van der Waals surface area contributed by atoms with Crippen molar-refractivity contribution < 1.29 is 19.1 Å². The highest BCUT2D eigenvalue weighted by Gasteiger charge is 2.06. The Kier molecular flexibility index (Phi) is 4.21. The van der Waals surface area contributed by atoms with Crippen molar-refractivity contribution in [1.82, 2.24) is 4.98 Å². The van der Waals surface area contributed by atoms with Crippen LogP contribution in [0, 0.1) is 5.82 Å². The van der Waals surface area contributed by atoms with Crippen LogP contribution in [0.15, 0.2) is 41.8 Å². The van der Waals surface area contributed by atoms with Crippen LogP contribution in [-0.2, 0) is 9.59 Å². The third kappa shape index (κ3) is 3.72. The van der Waals surface area contributed by atoms with Gasteiger partial charge in [0.15, 0.2) is 5.13 Å². The molecule has 7 heteroatoms. The number of aromatic nitrogens is 1. The molecule has 0 aliphatic carbocycles. The first-order valence-electron chi connectivity index (χ1n) is 5.48. The first-order valence-corrected chi connectivity index (χ1v) is 6.36. The van der Waals surface area contributed by atoms with Gasteiger partial charge in [0, 0.05) is 23.1 Å². The number of halogens is 1. The van der Waals surface area contributed by atoms with Crippen LogP contribution in [0.5, 0.6) is 0 Å². The van der Waals surface area contributed by atoms with Gasteiger partial charge >= 0.3 is 5.97 Å². The molecule has 2 aromatic rings. The molecule has 0 aliphatic heterocycles. The van der Waals surface area contributed by atoms with Crippen molar-refractivity contribution in [3.05, 3.63) is 47.6 Å². The van der Waals surface area contributed by atoms with Crippen molar-refractivity contribution in [1.29, 1.82) is 0 Å². The standard InChI is InChI=1S/C13H9FN2O3S/c14-9-3-1-8(2-4-9)10-7-20-13(15-10)16-11(17)5-6-12(18)19/h1-7H,(H,18,19)(H,15,16,17)/b6-5+. The molecule has 102 valence electrons. The van der Waals surface area contributed by atoms with E-state index in [9.17, 15) is 14.0 Å². The Morgan fingerprint density at radius 1 is 1.25 bits per heavy atom. The third-order valence-corrected chi connectivity index (χ3v) is 3.01. The summed E-state index contributed by atoms with van der Waals surface area (Å²) in [6, 6.07) is 5.81. The summed E-state index contributed by atoms with van der Waals surface area (Å²) < 4.78 is 12.8. The minimum Gasteiger partial charge on any atom is -0.478 e. The second-order valence-electron chi connectivity index (χ2n) is 3.71. The zero-order valence-corrected chi connectivity index (χ0v) is 10.9. The van der Waals surface area contributed by atoms with E-state index in [1.54, 1.807) is 17.5 Å². The number of nitrogens with zero attached hydrogens (tertiary/aromatic N) is 1. The molecule has 0 saturated heterocycles. The van der Waals surface area contributed by atoms with E-state index in [0.29, 0.717) is 10.8 Å². The van der Waals surface area contributed by atoms with Gasteiger partial charge in [-0.2, -0.15) is 0 Å². The van der Waals surface area contributed by atoms with Crippen molar-refractivity contribution >= 4 is 28.3 Å². The summed E-state index contributed by atoms with van der Waals surface area (Å²) in [6.07, 6.45) is 1.64. The monoisotopic (exact) mass is 292 g/mol. The van der Waals surface area contributed by atoms with Gasteiger partial charge < -0.3 is 5.11 Å². The lowest BCUT2D eigenvalue weighted by atomic mass is 10.2. The summed E-state index contributed by atoms with van der Waals surface area (Å²) in [4.78, 5) is 25.8. The maximum absolute atomic E-state index is 12.8. The SMILES string of the molecule is O=C(O)/C=C/C(=O)Nc1nc(-c2ccc(F)cc2)cs1. The zero-order chi connectivity index (χ0) is 14.5. The quantitative estimate of drug-likeness (QED) is 0.849. The number of hydrogen-bond acceptors (Lipinski definition) is 4. The maximum Gasteiger partial charge on any atom is 0.328 e. The zero-order valence-electron chi connectivity index (χ0n) is 10.0. The Morgan fingerprint density at radius 3 is 2.60 bits per heavy atom. The van der Waals surface area contributed by atoms with Crippen molar-refractivity contribution in [2.45, 2.75) is 0 Å². The molecule has 0 aliphatic rings. The van der Waals surface area contributed by atoms with Gasteiger partial charge in [-0.1, -0.05) is 0 Å². The van der Waals surface area contributed by atoms with Crippen LogP contribution in [0.1, 0.15) is 0 Å². The molecule has 0 bridgehead atoms. The molecule has 1 aromatic carbocycles. The van der Waals surface area contributed by atoms with Gasteiger partial charge in [0.1, 0.15) is 5.82 Å². The molecule has 2 N–H and O–H groups in total. The molecule has 0 atom stereocenters. The number of carboxylic acid groups (broad SMARTS) is 1. The molecule has 0 spiro atoms. The number of rotatable bonds is 4. The van der Waals surface area contributed by atoms with E-state index in [2.05, 4.69) is 10.3 Å². The minimum atomic E-state index is -1.20. The second kappa shape index (κ2) is 6.07. The molecular formula is C13H9FN2O3S.